The monoisotopic (exact) mass is 318 g/mol. The van der Waals surface area contributed by atoms with Gasteiger partial charge in [-0.15, -0.1) is 13.2 Å². The van der Waals surface area contributed by atoms with E-state index < -0.39 is 40.7 Å². The summed E-state index contributed by atoms with van der Waals surface area (Å²) in [5.41, 5.74) is -1.92. The van der Waals surface area contributed by atoms with Crippen LogP contribution in [0.1, 0.15) is 18.1 Å². The Morgan fingerprint density at radius 2 is 2.09 bits per heavy atom. The zero-order valence-corrected chi connectivity index (χ0v) is 11.1. The van der Waals surface area contributed by atoms with Crippen LogP contribution in [0.5, 0.6) is 5.75 Å². The molecule has 0 aliphatic heterocycles. The standard InChI is InChI=1S/C12H9F3N2O5/c1-2-21-10(18)5-7-3-4-9(17(19)20)11(8(7)6-16)22-12(13,14)15/h3-4H,2,5H2,1H3. The molecule has 1 aromatic rings. The molecule has 0 amide bonds. The van der Waals surface area contributed by atoms with Gasteiger partial charge in [-0.05, 0) is 12.5 Å². The molecule has 0 fully saturated rings. The predicted octanol–water partition coefficient (Wildman–Crippen LogP) is 2.47. The van der Waals surface area contributed by atoms with E-state index in [0.29, 0.717) is 0 Å². The molecule has 0 aromatic heterocycles. The number of rotatable bonds is 5. The first-order chi connectivity index (χ1) is 10.2. The van der Waals surface area contributed by atoms with Crippen LogP contribution in [0.4, 0.5) is 18.9 Å². The molecule has 0 radical (unpaired) electrons. The van der Waals surface area contributed by atoms with Gasteiger partial charge in [-0.2, -0.15) is 5.26 Å². The maximum atomic E-state index is 12.4. The molecule has 0 aliphatic carbocycles. The van der Waals surface area contributed by atoms with Crippen LogP contribution in [0.25, 0.3) is 0 Å². The number of hydrogen-bond donors (Lipinski definition) is 0. The minimum Gasteiger partial charge on any atom is -0.466 e. The third-order valence-corrected chi connectivity index (χ3v) is 2.39. The van der Waals surface area contributed by atoms with Gasteiger partial charge in [0.15, 0.2) is 0 Å². The summed E-state index contributed by atoms with van der Waals surface area (Å²) in [5, 5.41) is 19.7. The third kappa shape index (κ3) is 4.34. The van der Waals surface area contributed by atoms with Gasteiger partial charge in [0.2, 0.25) is 5.75 Å². The molecule has 0 bridgehead atoms. The van der Waals surface area contributed by atoms with Crippen LogP contribution in [0.3, 0.4) is 0 Å². The van der Waals surface area contributed by atoms with Crippen molar-refractivity contribution < 1.29 is 32.4 Å². The number of ether oxygens (including phenoxy) is 2. The van der Waals surface area contributed by atoms with Crippen molar-refractivity contribution in [2.75, 3.05) is 6.61 Å². The molecule has 0 heterocycles. The Kier molecular flexibility index (Phi) is 5.28. The van der Waals surface area contributed by atoms with Crippen molar-refractivity contribution in [3.05, 3.63) is 33.4 Å². The minimum absolute atomic E-state index is 0.0413. The quantitative estimate of drug-likeness (QED) is 0.469. The van der Waals surface area contributed by atoms with Crippen molar-refractivity contribution in [3.8, 4) is 11.8 Å². The average molecular weight is 318 g/mol. The number of alkyl halides is 3. The molecule has 0 saturated heterocycles. The fourth-order valence-corrected chi connectivity index (χ4v) is 1.61. The third-order valence-electron chi connectivity index (χ3n) is 2.39. The van der Waals surface area contributed by atoms with Gasteiger partial charge in [0.05, 0.1) is 18.0 Å². The molecule has 7 nitrogen and oxygen atoms in total. The van der Waals surface area contributed by atoms with E-state index in [-0.39, 0.29) is 12.2 Å². The van der Waals surface area contributed by atoms with Crippen molar-refractivity contribution in [3.63, 3.8) is 0 Å². The highest BCUT2D eigenvalue weighted by Crippen LogP contribution is 2.37. The molecule has 22 heavy (non-hydrogen) atoms. The number of nitro benzene ring substituents is 1. The summed E-state index contributed by atoms with van der Waals surface area (Å²) in [7, 11) is 0. The minimum atomic E-state index is -5.22. The van der Waals surface area contributed by atoms with E-state index in [9.17, 15) is 28.1 Å². The Hall–Kier alpha value is -2.83. The number of esters is 1. The van der Waals surface area contributed by atoms with Crippen molar-refractivity contribution in [1.82, 2.24) is 0 Å². The van der Waals surface area contributed by atoms with E-state index in [1.54, 1.807) is 0 Å². The summed E-state index contributed by atoms with van der Waals surface area (Å²) < 4.78 is 45.3. The first-order valence-corrected chi connectivity index (χ1v) is 5.81. The summed E-state index contributed by atoms with van der Waals surface area (Å²) >= 11 is 0. The van der Waals surface area contributed by atoms with Crippen LogP contribution >= 0.6 is 0 Å². The van der Waals surface area contributed by atoms with Gasteiger partial charge in [0.1, 0.15) is 11.6 Å². The molecule has 0 N–H and O–H groups in total. The highest BCUT2D eigenvalue weighted by atomic mass is 19.4. The average Bonchev–Trinajstić information content (AvgIpc) is 2.37. The second-order valence-electron chi connectivity index (χ2n) is 3.85. The number of halogens is 3. The van der Waals surface area contributed by atoms with Gasteiger partial charge >= 0.3 is 18.0 Å². The molecule has 0 atom stereocenters. The lowest BCUT2D eigenvalue weighted by Crippen LogP contribution is -2.19. The maximum absolute atomic E-state index is 12.4. The van der Waals surface area contributed by atoms with E-state index in [4.69, 9.17) is 5.26 Å². The molecule has 0 aliphatic rings. The number of hydrogen-bond acceptors (Lipinski definition) is 6. The van der Waals surface area contributed by atoms with E-state index in [2.05, 4.69) is 9.47 Å². The van der Waals surface area contributed by atoms with Crippen molar-refractivity contribution in [2.45, 2.75) is 19.7 Å². The van der Waals surface area contributed by atoms with E-state index >= 15 is 0 Å². The van der Waals surface area contributed by atoms with Gasteiger partial charge in [0.25, 0.3) is 0 Å². The number of nitrogens with zero attached hydrogens (tertiary/aromatic N) is 2. The Morgan fingerprint density at radius 3 is 2.55 bits per heavy atom. The summed E-state index contributed by atoms with van der Waals surface area (Å²) in [6, 6.07) is 3.14. The van der Waals surface area contributed by atoms with Crippen molar-refractivity contribution in [1.29, 1.82) is 5.26 Å². The molecule has 0 unspecified atom stereocenters. The second kappa shape index (κ2) is 6.75. The summed E-state index contributed by atoms with van der Waals surface area (Å²) in [6.45, 7) is 1.57. The van der Waals surface area contributed by atoms with Crippen LogP contribution in [-0.2, 0) is 16.0 Å². The number of nitro groups is 1. The fraction of sp³-hybridized carbons (Fsp3) is 0.333. The molecule has 0 spiro atoms. The molecule has 118 valence electrons. The van der Waals surface area contributed by atoms with Crippen molar-refractivity contribution >= 4 is 11.7 Å². The number of nitriles is 1. The SMILES string of the molecule is CCOC(=O)Cc1ccc([N+](=O)[O-])c(OC(F)(F)F)c1C#N. The fourth-order valence-electron chi connectivity index (χ4n) is 1.61. The van der Waals surface area contributed by atoms with Crippen LogP contribution in [0.15, 0.2) is 12.1 Å². The number of carbonyl (C=O) groups is 1. The zero-order chi connectivity index (χ0) is 16.9. The summed E-state index contributed by atoms with van der Waals surface area (Å²) in [5.74, 6) is -2.03. The van der Waals surface area contributed by atoms with Crippen LogP contribution in [0, 0.1) is 21.4 Å². The van der Waals surface area contributed by atoms with Crippen molar-refractivity contribution in [2.24, 2.45) is 0 Å². The Bertz CT molecular complexity index is 637. The number of benzene rings is 1. The summed E-state index contributed by atoms with van der Waals surface area (Å²) in [4.78, 5) is 21.0. The predicted molar refractivity (Wildman–Crippen MR) is 64.8 cm³/mol. The lowest BCUT2D eigenvalue weighted by Gasteiger charge is -2.12. The smallest absolute Gasteiger partial charge is 0.466 e. The van der Waals surface area contributed by atoms with Crippen LogP contribution in [-0.4, -0.2) is 23.9 Å². The van der Waals surface area contributed by atoms with Crippen LogP contribution < -0.4 is 4.74 Å². The maximum Gasteiger partial charge on any atom is 0.573 e. The first-order valence-electron chi connectivity index (χ1n) is 5.81. The summed E-state index contributed by atoms with van der Waals surface area (Å²) in [6.07, 6.45) is -5.73. The van der Waals surface area contributed by atoms with E-state index in [0.717, 1.165) is 12.1 Å². The van der Waals surface area contributed by atoms with E-state index in [1.165, 1.54) is 13.0 Å². The van der Waals surface area contributed by atoms with Crippen LogP contribution in [0.2, 0.25) is 0 Å². The van der Waals surface area contributed by atoms with Gasteiger partial charge in [-0.3, -0.25) is 14.9 Å². The van der Waals surface area contributed by atoms with Gasteiger partial charge < -0.3 is 9.47 Å². The topological polar surface area (TPSA) is 102 Å². The zero-order valence-electron chi connectivity index (χ0n) is 11.1. The highest BCUT2D eigenvalue weighted by Gasteiger charge is 2.37. The molecule has 1 rings (SSSR count). The molecular formula is C12H9F3N2O5. The molecule has 1 aromatic carbocycles. The normalized spacial score (nSPS) is 10.7. The molecule has 10 heteroatoms. The second-order valence-corrected chi connectivity index (χ2v) is 3.85. The molecule has 0 saturated carbocycles. The van der Waals surface area contributed by atoms with Gasteiger partial charge in [-0.25, -0.2) is 0 Å². The highest BCUT2D eigenvalue weighted by molar-refractivity contribution is 5.75. The van der Waals surface area contributed by atoms with E-state index in [1.807, 2.05) is 0 Å². The Morgan fingerprint density at radius 1 is 1.45 bits per heavy atom. The Labute approximate surface area is 122 Å². The first kappa shape index (κ1) is 17.2. The van der Waals surface area contributed by atoms with Gasteiger partial charge in [-0.1, -0.05) is 6.07 Å². The lowest BCUT2D eigenvalue weighted by molar-refractivity contribution is -0.388. The Balaban J connectivity index is 3.38. The largest absolute Gasteiger partial charge is 0.573 e. The number of carbonyl (C=O) groups excluding carboxylic acids is 1. The lowest BCUT2D eigenvalue weighted by atomic mass is 10.0. The van der Waals surface area contributed by atoms with Gasteiger partial charge in [0, 0.05) is 6.07 Å². The molecular weight excluding hydrogens is 309 g/mol.